The quantitative estimate of drug-likeness (QED) is 0.469. The number of aromatic nitrogens is 4. The van der Waals surface area contributed by atoms with Crippen molar-refractivity contribution in [2.24, 2.45) is 0 Å². The van der Waals surface area contributed by atoms with Gasteiger partial charge in [-0.2, -0.15) is 9.67 Å². The average Bonchev–Trinajstić information content (AvgIpc) is 3.43. The van der Waals surface area contributed by atoms with E-state index in [4.69, 9.17) is 8.94 Å². The molecule has 0 radical (unpaired) electrons. The first kappa shape index (κ1) is 20.3. The molecule has 0 aliphatic carbocycles. The number of hydrogen-bond donors (Lipinski definition) is 0. The molecule has 1 unspecified atom stereocenters. The first-order valence-electron chi connectivity index (χ1n) is 10.2. The Labute approximate surface area is 181 Å². The summed E-state index contributed by atoms with van der Waals surface area (Å²) < 4.78 is 38.2. The average molecular weight is 439 g/mol. The third kappa shape index (κ3) is 4.22. The molecule has 1 aliphatic heterocycles. The summed E-state index contributed by atoms with van der Waals surface area (Å²) in [6, 6.07) is 11.5. The molecule has 0 saturated carbocycles. The van der Waals surface area contributed by atoms with Gasteiger partial charge in [0.2, 0.25) is 17.6 Å². The van der Waals surface area contributed by atoms with Gasteiger partial charge in [-0.25, -0.2) is 13.6 Å². The lowest BCUT2D eigenvalue weighted by Gasteiger charge is -2.30. The first-order chi connectivity index (χ1) is 15.5. The van der Waals surface area contributed by atoms with Crippen LogP contribution in [0.2, 0.25) is 0 Å². The summed E-state index contributed by atoms with van der Waals surface area (Å²) in [5.41, 5.74) is 1.20. The molecule has 0 bridgehead atoms. The van der Waals surface area contributed by atoms with Gasteiger partial charge in [0.15, 0.2) is 0 Å². The first-order valence-corrected chi connectivity index (χ1v) is 10.2. The molecule has 164 valence electrons. The third-order valence-electron chi connectivity index (χ3n) is 5.43. The summed E-state index contributed by atoms with van der Waals surface area (Å²) in [5, 5.41) is 8.27. The number of likely N-dealkylation sites (tertiary alicyclic amines) is 1. The minimum Gasteiger partial charge on any atom is -0.388 e. The molecule has 4 aromatic rings. The van der Waals surface area contributed by atoms with Gasteiger partial charge in [-0.15, -0.1) is 5.10 Å². The molecular formula is C22H19F2N5O3. The SMILES string of the molecule is O=c1oc(-c2ccc(F)cc2)nn1CN1CCCC(c2nc(-c3ccc(F)cc3)no2)C1. The molecule has 0 amide bonds. The molecule has 1 fully saturated rings. The lowest BCUT2D eigenvalue weighted by atomic mass is 9.98. The van der Waals surface area contributed by atoms with Gasteiger partial charge in [-0.1, -0.05) is 5.16 Å². The van der Waals surface area contributed by atoms with Crippen molar-refractivity contribution in [3.63, 3.8) is 0 Å². The Morgan fingerprint density at radius 3 is 2.41 bits per heavy atom. The van der Waals surface area contributed by atoms with Gasteiger partial charge < -0.3 is 8.94 Å². The second kappa shape index (κ2) is 8.46. The zero-order chi connectivity index (χ0) is 22.1. The lowest BCUT2D eigenvalue weighted by Crippen LogP contribution is -2.38. The van der Waals surface area contributed by atoms with E-state index in [1.807, 2.05) is 0 Å². The van der Waals surface area contributed by atoms with Gasteiger partial charge >= 0.3 is 5.76 Å². The number of benzene rings is 2. The second-order valence-electron chi connectivity index (χ2n) is 7.70. The Balaban J connectivity index is 1.28. The van der Waals surface area contributed by atoms with Crippen molar-refractivity contribution in [1.82, 2.24) is 24.8 Å². The standard InChI is InChI=1S/C22H19F2N5O3/c23-17-7-3-14(4-8-17)19-25-20(32-27-19)16-2-1-11-28(12-16)13-29-22(30)31-21(26-29)15-5-9-18(24)10-6-15/h3-10,16H,1-2,11-13H2. The van der Waals surface area contributed by atoms with Crippen LogP contribution in [0.15, 0.2) is 62.3 Å². The molecule has 1 aliphatic rings. The van der Waals surface area contributed by atoms with Crippen LogP contribution in [-0.2, 0) is 6.67 Å². The predicted molar refractivity (Wildman–Crippen MR) is 109 cm³/mol. The van der Waals surface area contributed by atoms with Gasteiger partial charge in [0.1, 0.15) is 18.3 Å². The van der Waals surface area contributed by atoms with E-state index in [2.05, 4.69) is 20.1 Å². The molecule has 5 rings (SSSR count). The van der Waals surface area contributed by atoms with E-state index in [0.29, 0.717) is 29.4 Å². The molecule has 3 heterocycles. The van der Waals surface area contributed by atoms with Crippen molar-refractivity contribution in [3.05, 3.63) is 76.6 Å². The zero-order valence-corrected chi connectivity index (χ0v) is 16.9. The highest BCUT2D eigenvalue weighted by Crippen LogP contribution is 2.28. The number of rotatable bonds is 5. The van der Waals surface area contributed by atoms with E-state index >= 15 is 0 Å². The third-order valence-corrected chi connectivity index (χ3v) is 5.43. The normalized spacial score (nSPS) is 17.0. The Bertz CT molecular complexity index is 1260. The summed E-state index contributed by atoms with van der Waals surface area (Å²) in [4.78, 5) is 18.8. The van der Waals surface area contributed by atoms with Crippen LogP contribution in [-0.4, -0.2) is 37.9 Å². The van der Waals surface area contributed by atoms with Crippen LogP contribution in [0, 0.1) is 11.6 Å². The van der Waals surface area contributed by atoms with Crippen LogP contribution in [0.4, 0.5) is 8.78 Å². The van der Waals surface area contributed by atoms with E-state index in [9.17, 15) is 13.6 Å². The molecule has 0 spiro atoms. The van der Waals surface area contributed by atoms with Crippen molar-refractivity contribution < 1.29 is 17.7 Å². The maximum Gasteiger partial charge on any atom is 0.438 e. The van der Waals surface area contributed by atoms with E-state index in [-0.39, 0.29) is 30.1 Å². The summed E-state index contributed by atoms with van der Waals surface area (Å²) >= 11 is 0. The molecule has 8 nitrogen and oxygen atoms in total. The van der Waals surface area contributed by atoms with Gasteiger partial charge in [0.25, 0.3) is 0 Å². The Morgan fingerprint density at radius 1 is 1.00 bits per heavy atom. The largest absolute Gasteiger partial charge is 0.438 e. The number of halogens is 2. The van der Waals surface area contributed by atoms with Crippen LogP contribution >= 0.6 is 0 Å². The topological polar surface area (TPSA) is 90.2 Å². The Kier molecular flexibility index (Phi) is 5.36. The number of nitrogens with zero attached hydrogens (tertiary/aromatic N) is 5. The second-order valence-corrected chi connectivity index (χ2v) is 7.70. The van der Waals surface area contributed by atoms with Crippen molar-refractivity contribution in [3.8, 4) is 22.8 Å². The van der Waals surface area contributed by atoms with Crippen molar-refractivity contribution >= 4 is 0 Å². The van der Waals surface area contributed by atoms with Gasteiger partial charge in [0, 0.05) is 17.7 Å². The van der Waals surface area contributed by atoms with E-state index in [0.717, 1.165) is 19.4 Å². The van der Waals surface area contributed by atoms with Crippen LogP contribution in [0.5, 0.6) is 0 Å². The lowest BCUT2D eigenvalue weighted by molar-refractivity contribution is 0.140. The zero-order valence-electron chi connectivity index (χ0n) is 16.9. The monoisotopic (exact) mass is 439 g/mol. The maximum absolute atomic E-state index is 13.1. The predicted octanol–water partition coefficient (Wildman–Crippen LogP) is 3.67. The van der Waals surface area contributed by atoms with Crippen LogP contribution in [0.3, 0.4) is 0 Å². The minimum absolute atomic E-state index is 0.00428. The van der Waals surface area contributed by atoms with Crippen molar-refractivity contribution in [2.45, 2.75) is 25.4 Å². The van der Waals surface area contributed by atoms with E-state index < -0.39 is 5.76 Å². The van der Waals surface area contributed by atoms with Crippen LogP contribution < -0.4 is 5.76 Å². The number of hydrogen-bond acceptors (Lipinski definition) is 7. The molecule has 2 aromatic carbocycles. The Hall–Kier alpha value is -3.66. The van der Waals surface area contributed by atoms with Crippen molar-refractivity contribution in [2.75, 3.05) is 13.1 Å². The highest BCUT2D eigenvalue weighted by molar-refractivity contribution is 5.54. The fourth-order valence-electron chi connectivity index (χ4n) is 3.80. The summed E-state index contributed by atoms with van der Waals surface area (Å²) in [5.74, 6) is -0.219. The molecular weight excluding hydrogens is 420 g/mol. The fourth-order valence-corrected chi connectivity index (χ4v) is 3.80. The molecule has 1 atom stereocenters. The molecule has 1 saturated heterocycles. The summed E-state index contributed by atoms with van der Waals surface area (Å²) in [7, 11) is 0. The van der Waals surface area contributed by atoms with Crippen LogP contribution in [0.25, 0.3) is 22.8 Å². The summed E-state index contributed by atoms with van der Waals surface area (Å²) in [6.07, 6.45) is 1.76. The number of piperidine rings is 1. The van der Waals surface area contributed by atoms with Gasteiger partial charge in [-0.3, -0.25) is 4.90 Å². The van der Waals surface area contributed by atoms with Gasteiger partial charge in [-0.05, 0) is 67.9 Å². The molecule has 32 heavy (non-hydrogen) atoms. The molecule has 2 aromatic heterocycles. The van der Waals surface area contributed by atoms with E-state index in [1.165, 1.54) is 41.1 Å². The fraction of sp³-hybridized carbons (Fsp3) is 0.273. The summed E-state index contributed by atoms with van der Waals surface area (Å²) in [6.45, 7) is 1.63. The Morgan fingerprint density at radius 2 is 1.69 bits per heavy atom. The smallest absolute Gasteiger partial charge is 0.388 e. The van der Waals surface area contributed by atoms with Gasteiger partial charge in [0.05, 0.1) is 5.92 Å². The van der Waals surface area contributed by atoms with Crippen LogP contribution in [0.1, 0.15) is 24.7 Å². The highest BCUT2D eigenvalue weighted by Gasteiger charge is 2.27. The maximum atomic E-state index is 13.1. The minimum atomic E-state index is -0.581. The molecule has 0 N–H and O–H groups in total. The molecule has 10 heteroatoms. The highest BCUT2D eigenvalue weighted by atomic mass is 19.1. The van der Waals surface area contributed by atoms with Crippen molar-refractivity contribution in [1.29, 1.82) is 0 Å². The van der Waals surface area contributed by atoms with E-state index in [1.54, 1.807) is 12.1 Å².